The van der Waals surface area contributed by atoms with E-state index in [-0.39, 0.29) is 0 Å². The van der Waals surface area contributed by atoms with Crippen LogP contribution in [0.5, 0.6) is 0 Å². The van der Waals surface area contributed by atoms with Crippen LogP contribution in [0.15, 0.2) is 41.7 Å². The molecule has 0 saturated carbocycles. The van der Waals surface area contributed by atoms with Crippen LogP contribution >= 0.6 is 11.8 Å². The molecule has 0 bridgehead atoms. The van der Waals surface area contributed by atoms with E-state index in [9.17, 15) is 0 Å². The molecule has 90 valence electrons. The molecule has 0 aliphatic carbocycles. The fourth-order valence-corrected chi connectivity index (χ4v) is 2.17. The molecule has 0 amide bonds. The van der Waals surface area contributed by atoms with Crippen LogP contribution in [0.25, 0.3) is 0 Å². The van der Waals surface area contributed by atoms with Gasteiger partial charge in [0, 0.05) is 23.3 Å². The van der Waals surface area contributed by atoms with Crippen molar-refractivity contribution in [3.05, 3.63) is 42.5 Å². The van der Waals surface area contributed by atoms with Crippen molar-refractivity contribution < 1.29 is 0 Å². The van der Waals surface area contributed by atoms with Gasteiger partial charge < -0.3 is 9.88 Å². The minimum atomic E-state index is 0.811. The van der Waals surface area contributed by atoms with Crippen molar-refractivity contribution in [2.45, 2.75) is 24.9 Å². The smallest absolute Gasteiger partial charge is 0.0948 e. The molecule has 4 heteroatoms. The van der Waals surface area contributed by atoms with Gasteiger partial charge in [0.2, 0.25) is 0 Å². The van der Waals surface area contributed by atoms with Gasteiger partial charge in [0.25, 0.3) is 0 Å². The third-order valence-electron chi connectivity index (χ3n) is 2.68. The molecule has 0 fully saturated rings. The quantitative estimate of drug-likeness (QED) is 0.823. The number of rotatable bonds is 5. The highest BCUT2D eigenvalue weighted by Gasteiger charge is 2.00. The SMILES string of the molecule is CCn1cncc1CNc1cccc(SC)c1. The fraction of sp³-hybridized carbons (Fsp3) is 0.308. The summed E-state index contributed by atoms with van der Waals surface area (Å²) in [4.78, 5) is 5.43. The van der Waals surface area contributed by atoms with E-state index in [1.807, 2.05) is 12.5 Å². The van der Waals surface area contributed by atoms with Crippen molar-refractivity contribution in [1.82, 2.24) is 9.55 Å². The third-order valence-corrected chi connectivity index (χ3v) is 3.41. The molecule has 3 nitrogen and oxygen atoms in total. The van der Waals surface area contributed by atoms with E-state index in [4.69, 9.17) is 0 Å². The molecule has 0 unspecified atom stereocenters. The number of nitrogens with zero attached hydrogens (tertiary/aromatic N) is 2. The van der Waals surface area contributed by atoms with E-state index in [0.717, 1.165) is 18.8 Å². The molecule has 1 heterocycles. The van der Waals surface area contributed by atoms with Gasteiger partial charge >= 0.3 is 0 Å². The second kappa shape index (κ2) is 5.77. The van der Waals surface area contributed by atoms with Crippen molar-refractivity contribution in [2.24, 2.45) is 0 Å². The van der Waals surface area contributed by atoms with Gasteiger partial charge in [0.15, 0.2) is 0 Å². The number of nitrogens with one attached hydrogen (secondary N) is 1. The number of hydrogen-bond acceptors (Lipinski definition) is 3. The first kappa shape index (κ1) is 12.0. The number of benzene rings is 1. The van der Waals surface area contributed by atoms with Crippen molar-refractivity contribution in [3.63, 3.8) is 0 Å². The normalized spacial score (nSPS) is 10.5. The summed E-state index contributed by atoms with van der Waals surface area (Å²) in [6.07, 6.45) is 5.87. The lowest BCUT2D eigenvalue weighted by molar-refractivity contribution is 0.719. The molecule has 0 radical (unpaired) electrons. The second-order valence-corrected chi connectivity index (χ2v) is 4.64. The Hall–Kier alpha value is -1.42. The van der Waals surface area contributed by atoms with Gasteiger partial charge in [-0.2, -0.15) is 0 Å². The molecule has 17 heavy (non-hydrogen) atoms. The van der Waals surface area contributed by atoms with Crippen LogP contribution in [0.1, 0.15) is 12.6 Å². The molecule has 0 saturated heterocycles. The minimum absolute atomic E-state index is 0.811. The number of thioether (sulfide) groups is 1. The summed E-state index contributed by atoms with van der Waals surface area (Å²) in [5.74, 6) is 0. The van der Waals surface area contributed by atoms with E-state index in [2.05, 4.69) is 52.3 Å². The van der Waals surface area contributed by atoms with Gasteiger partial charge in [-0.25, -0.2) is 4.98 Å². The number of hydrogen-bond donors (Lipinski definition) is 1. The van der Waals surface area contributed by atoms with E-state index >= 15 is 0 Å². The van der Waals surface area contributed by atoms with E-state index in [1.54, 1.807) is 11.8 Å². The highest BCUT2D eigenvalue weighted by molar-refractivity contribution is 7.98. The monoisotopic (exact) mass is 247 g/mol. The molecule has 1 aromatic heterocycles. The predicted octanol–water partition coefficient (Wildman–Crippen LogP) is 3.24. The largest absolute Gasteiger partial charge is 0.379 e. The van der Waals surface area contributed by atoms with Crippen LogP contribution in [0, 0.1) is 0 Å². The zero-order valence-electron chi connectivity index (χ0n) is 10.2. The average molecular weight is 247 g/mol. The second-order valence-electron chi connectivity index (χ2n) is 3.76. The first-order chi connectivity index (χ1) is 8.33. The first-order valence-corrected chi connectivity index (χ1v) is 6.93. The Morgan fingerprint density at radius 1 is 1.41 bits per heavy atom. The molecule has 0 aliphatic rings. The number of imidazole rings is 1. The van der Waals surface area contributed by atoms with Gasteiger partial charge in [0.05, 0.1) is 18.6 Å². The molecule has 0 aliphatic heterocycles. The molecule has 1 N–H and O–H groups in total. The maximum absolute atomic E-state index is 4.16. The Balaban J connectivity index is 2.02. The molecule has 2 rings (SSSR count). The predicted molar refractivity (Wildman–Crippen MR) is 73.5 cm³/mol. The molecular weight excluding hydrogens is 230 g/mol. The van der Waals surface area contributed by atoms with Crippen LogP contribution in [-0.2, 0) is 13.1 Å². The van der Waals surface area contributed by atoms with Crippen molar-refractivity contribution in [3.8, 4) is 0 Å². The lowest BCUT2D eigenvalue weighted by Crippen LogP contribution is -2.05. The summed E-state index contributed by atoms with van der Waals surface area (Å²) in [5, 5.41) is 3.42. The van der Waals surface area contributed by atoms with Crippen LogP contribution < -0.4 is 5.32 Å². The van der Waals surface area contributed by atoms with Gasteiger partial charge in [-0.1, -0.05) is 6.07 Å². The van der Waals surface area contributed by atoms with Gasteiger partial charge in [-0.15, -0.1) is 11.8 Å². The zero-order chi connectivity index (χ0) is 12.1. The van der Waals surface area contributed by atoms with E-state index < -0.39 is 0 Å². The standard InChI is InChI=1S/C13H17N3S/c1-3-16-10-14-8-12(16)9-15-11-5-4-6-13(7-11)17-2/h4-8,10,15H,3,9H2,1-2H3. The van der Waals surface area contributed by atoms with Gasteiger partial charge in [-0.3, -0.25) is 0 Å². The minimum Gasteiger partial charge on any atom is -0.379 e. The zero-order valence-corrected chi connectivity index (χ0v) is 11.0. The molecule has 1 aromatic carbocycles. The summed E-state index contributed by atoms with van der Waals surface area (Å²) < 4.78 is 2.14. The summed E-state index contributed by atoms with van der Waals surface area (Å²) in [7, 11) is 0. The van der Waals surface area contributed by atoms with Gasteiger partial charge in [-0.05, 0) is 31.4 Å². The van der Waals surface area contributed by atoms with E-state index in [1.165, 1.54) is 10.6 Å². The summed E-state index contributed by atoms with van der Waals surface area (Å²) >= 11 is 1.76. The maximum atomic E-state index is 4.16. The fourth-order valence-electron chi connectivity index (χ4n) is 1.71. The number of aryl methyl sites for hydroxylation is 1. The Bertz CT molecular complexity index is 479. The van der Waals surface area contributed by atoms with E-state index in [0.29, 0.717) is 0 Å². The van der Waals surface area contributed by atoms with Crippen LogP contribution in [0.4, 0.5) is 5.69 Å². The van der Waals surface area contributed by atoms with Crippen LogP contribution in [0.2, 0.25) is 0 Å². The topological polar surface area (TPSA) is 29.9 Å². The number of aromatic nitrogens is 2. The highest BCUT2D eigenvalue weighted by atomic mass is 32.2. The summed E-state index contributed by atoms with van der Waals surface area (Å²) in [6.45, 7) is 3.90. The third kappa shape index (κ3) is 3.03. The van der Waals surface area contributed by atoms with Crippen LogP contribution in [-0.4, -0.2) is 15.8 Å². The molecule has 0 atom stereocenters. The number of anilines is 1. The van der Waals surface area contributed by atoms with Crippen molar-refractivity contribution >= 4 is 17.4 Å². The Morgan fingerprint density at radius 2 is 2.29 bits per heavy atom. The van der Waals surface area contributed by atoms with Gasteiger partial charge in [0.1, 0.15) is 0 Å². The lowest BCUT2D eigenvalue weighted by atomic mass is 10.3. The Labute approximate surface area is 106 Å². The molecule has 2 aromatic rings. The molecule has 0 spiro atoms. The Morgan fingerprint density at radius 3 is 3.06 bits per heavy atom. The molecular formula is C13H17N3S. The first-order valence-electron chi connectivity index (χ1n) is 5.70. The van der Waals surface area contributed by atoms with Crippen LogP contribution in [0.3, 0.4) is 0 Å². The highest BCUT2D eigenvalue weighted by Crippen LogP contribution is 2.19. The average Bonchev–Trinajstić information content (AvgIpc) is 2.84. The van der Waals surface area contributed by atoms with Crippen molar-refractivity contribution in [2.75, 3.05) is 11.6 Å². The van der Waals surface area contributed by atoms with Crippen molar-refractivity contribution in [1.29, 1.82) is 0 Å². The maximum Gasteiger partial charge on any atom is 0.0948 e. The summed E-state index contributed by atoms with van der Waals surface area (Å²) in [5.41, 5.74) is 2.36. The summed E-state index contributed by atoms with van der Waals surface area (Å²) in [6, 6.07) is 8.45. The lowest BCUT2D eigenvalue weighted by Gasteiger charge is -2.09. The Kier molecular flexibility index (Phi) is 4.09.